The third-order valence-electron chi connectivity index (χ3n) is 6.15. The van der Waals surface area contributed by atoms with Crippen molar-refractivity contribution in [2.45, 2.75) is 63.4 Å². The molecule has 4 rings (SSSR count). The zero-order chi connectivity index (χ0) is 16.2. The van der Waals surface area contributed by atoms with Gasteiger partial charge in [0.15, 0.2) is 0 Å². The standard InChI is InChI=1S/C21H30N2O/c1-3-7-18(8-4-1)15-20-16-21(24-22-20)11-13-23(14-12-21)17-19-9-5-2-6-10-19/h1,3-4,7-8,19H,2,5-6,9-17H2. The van der Waals surface area contributed by atoms with Crippen LogP contribution in [-0.4, -0.2) is 35.8 Å². The molecule has 1 aromatic carbocycles. The van der Waals surface area contributed by atoms with Crippen LogP contribution < -0.4 is 0 Å². The maximum Gasteiger partial charge on any atom is 0.145 e. The lowest BCUT2D eigenvalue weighted by molar-refractivity contribution is -0.0637. The molecule has 1 aromatic rings. The van der Waals surface area contributed by atoms with E-state index in [4.69, 9.17) is 4.84 Å². The summed E-state index contributed by atoms with van der Waals surface area (Å²) >= 11 is 0. The highest BCUT2D eigenvalue weighted by Crippen LogP contribution is 2.36. The third-order valence-corrected chi connectivity index (χ3v) is 6.15. The van der Waals surface area contributed by atoms with Crippen molar-refractivity contribution in [2.24, 2.45) is 11.1 Å². The van der Waals surface area contributed by atoms with E-state index in [1.807, 2.05) is 0 Å². The van der Waals surface area contributed by atoms with E-state index in [-0.39, 0.29) is 5.60 Å². The van der Waals surface area contributed by atoms with Crippen LogP contribution >= 0.6 is 0 Å². The normalized spacial score (nSPS) is 24.8. The predicted octanol–water partition coefficient (Wildman–Crippen LogP) is 4.42. The molecular formula is C21H30N2O. The summed E-state index contributed by atoms with van der Waals surface area (Å²) in [5.41, 5.74) is 2.57. The van der Waals surface area contributed by atoms with Crippen LogP contribution in [-0.2, 0) is 11.3 Å². The van der Waals surface area contributed by atoms with Gasteiger partial charge >= 0.3 is 0 Å². The summed E-state index contributed by atoms with van der Waals surface area (Å²) in [5, 5.41) is 4.45. The summed E-state index contributed by atoms with van der Waals surface area (Å²) in [5.74, 6) is 0.946. The second-order valence-corrected chi connectivity index (χ2v) is 8.08. The average molecular weight is 326 g/mol. The first-order chi connectivity index (χ1) is 11.8. The fraction of sp³-hybridized carbons (Fsp3) is 0.667. The fourth-order valence-electron chi connectivity index (χ4n) is 4.67. The van der Waals surface area contributed by atoms with Crippen LogP contribution in [0.2, 0.25) is 0 Å². The topological polar surface area (TPSA) is 24.8 Å². The zero-order valence-corrected chi connectivity index (χ0v) is 14.8. The number of piperidine rings is 1. The minimum absolute atomic E-state index is 0.00712. The second-order valence-electron chi connectivity index (χ2n) is 8.08. The van der Waals surface area contributed by atoms with Gasteiger partial charge in [0.2, 0.25) is 0 Å². The molecule has 0 bridgehead atoms. The molecule has 0 N–H and O–H groups in total. The summed E-state index contributed by atoms with van der Waals surface area (Å²) in [7, 11) is 0. The molecule has 2 aliphatic heterocycles. The molecule has 0 radical (unpaired) electrons. The first-order valence-corrected chi connectivity index (χ1v) is 9.82. The van der Waals surface area contributed by atoms with Gasteiger partial charge in [-0.05, 0) is 24.3 Å². The van der Waals surface area contributed by atoms with Crippen molar-refractivity contribution >= 4 is 5.71 Å². The number of nitrogens with zero attached hydrogens (tertiary/aromatic N) is 2. The van der Waals surface area contributed by atoms with Crippen molar-refractivity contribution in [2.75, 3.05) is 19.6 Å². The molecule has 130 valence electrons. The molecule has 2 fully saturated rings. The minimum Gasteiger partial charge on any atom is -0.389 e. The monoisotopic (exact) mass is 326 g/mol. The Morgan fingerprint density at radius 3 is 2.54 bits per heavy atom. The Labute approximate surface area is 146 Å². The molecule has 0 unspecified atom stereocenters. The number of likely N-dealkylation sites (tertiary alicyclic amines) is 1. The van der Waals surface area contributed by atoms with E-state index in [0.29, 0.717) is 0 Å². The SMILES string of the molecule is c1ccc(CC2=NOC3(CCN(CC4CCCCC4)CC3)C2)cc1. The summed E-state index contributed by atoms with van der Waals surface area (Å²) < 4.78 is 0. The van der Waals surface area contributed by atoms with Gasteiger partial charge in [0.25, 0.3) is 0 Å². The average Bonchev–Trinajstić information content (AvgIpc) is 3.01. The lowest BCUT2D eigenvalue weighted by atomic mass is 9.84. The van der Waals surface area contributed by atoms with E-state index in [9.17, 15) is 0 Å². The maximum atomic E-state index is 5.97. The van der Waals surface area contributed by atoms with Crippen LogP contribution in [0.1, 0.15) is 56.9 Å². The molecule has 1 saturated heterocycles. The van der Waals surface area contributed by atoms with Gasteiger partial charge < -0.3 is 9.74 Å². The van der Waals surface area contributed by atoms with Crippen molar-refractivity contribution in [1.82, 2.24) is 4.90 Å². The lowest BCUT2D eigenvalue weighted by Gasteiger charge is -2.39. The number of oxime groups is 1. The van der Waals surface area contributed by atoms with Gasteiger partial charge in [-0.3, -0.25) is 0 Å². The Morgan fingerprint density at radius 2 is 1.79 bits per heavy atom. The van der Waals surface area contributed by atoms with Crippen LogP contribution in [0.3, 0.4) is 0 Å². The van der Waals surface area contributed by atoms with Gasteiger partial charge in [0.05, 0.1) is 5.71 Å². The van der Waals surface area contributed by atoms with Crippen molar-refractivity contribution in [3.05, 3.63) is 35.9 Å². The number of rotatable bonds is 4. The van der Waals surface area contributed by atoms with Crippen molar-refractivity contribution in [3.63, 3.8) is 0 Å². The van der Waals surface area contributed by atoms with E-state index in [2.05, 4.69) is 40.4 Å². The van der Waals surface area contributed by atoms with E-state index in [1.54, 1.807) is 0 Å². The molecule has 3 nitrogen and oxygen atoms in total. The number of hydrogen-bond donors (Lipinski definition) is 0. The number of hydrogen-bond acceptors (Lipinski definition) is 3. The predicted molar refractivity (Wildman–Crippen MR) is 98.3 cm³/mol. The molecule has 3 aliphatic rings. The maximum absolute atomic E-state index is 5.97. The quantitative estimate of drug-likeness (QED) is 0.818. The molecule has 0 atom stereocenters. The first-order valence-electron chi connectivity index (χ1n) is 9.82. The third kappa shape index (κ3) is 3.83. The minimum atomic E-state index is 0.00712. The van der Waals surface area contributed by atoms with E-state index in [0.717, 1.165) is 31.6 Å². The first kappa shape index (κ1) is 16.1. The fourth-order valence-corrected chi connectivity index (χ4v) is 4.67. The molecular weight excluding hydrogens is 296 g/mol. The Kier molecular flexibility index (Phi) is 4.88. The van der Waals surface area contributed by atoms with Crippen LogP contribution in [0.25, 0.3) is 0 Å². The molecule has 24 heavy (non-hydrogen) atoms. The summed E-state index contributed by atoms with van der Waals surface area (Å²) in [4.78, 5) is 8.65. The van der Waals surface area contributed by atoms with E-state index in [1.165, 1.54) is 63.0 Å². The second kappa shape index (κ2) is 7.26. The Balaban J connectivity index is 1.25. The smallest absolute Gasteiger partial charge is 0.145 e. The highest BCUT2D eigenvalue weighted by Gasteiger charge is 2.42. The molecule has 1 aliphatic carbocycles. The highest BCUT2D eigenvalue weighted by atomic mass is 16.7. The molecule has 0 amide bonds. The van der Waals surface area contributed by atoms with Gasteiger partial charge in [-0.25, -0.2) is 0 Å². The van der Waals surface area contributed by atoms with Crippen LogP contribution in [0.5, 0.6) is 0 Å². The van der Waals surface area contributed by atoms with Gasteiger partial charge in [-0.15, -0.1) is 0 Å². The van der Waals surface area contributed by atoms with Crippen LogP contribution in [0.15, 0.2) is 35.5 Å². The zero-order valence-electron chi connectivity index (χ0n) is 14.8. The molecule has 1 saturated carbocycles. The van der Waals surface area contributed by atoms with E-state index >= 15 is 0 Å². The Morgan fingerprint density at radius 1 is 1.04 bits per heavy atom. The molecule has 3 heteroatoms. The summed E-state index contributed by atoms with van der Waals surface area (Å²) in [6, 6.07) is 10.6. The van der Waals surface area contributed by atoms with Crippen LogP contribution in [0.4, 0.5) is 0 Å². The van der Waals surface area contributed by atoms with E-state index < -0.39 is 0 Å². The Hall–Kier alpha value is -1.35. The van der Waals surface area contributed by atoms with Crippen molar-refractivity contribution in [3.8, 4) is 0 Å². The molecule has 0 aromatic heterocycles. The summed E-state index contributed by atoms with van der Waals surface area (Å²) in [6.07, 6.45) is 11.5. The summed E-state index contributed by atoms with van der Waals surface area (Å²) in [6.45, 7) is 3.68. The largest absolute Gasteiger partial charge is 0.389 e. The lowest BCUT2D eigenvalue weighted by Crippen LogP contribution is -2.46. The molecule has 2 heterocycles. The number of benzene rings is 1. The van der Waals surface area contributed by atoms with Crippen LogP contribution in [0, 0.1) is 5.92 Å². The van der Waals surface area contributed by atoms with Gasteiger partial charge in [-0.1, -0.05) is 54.8 Å². The van der Waals surface area contributed by atoms with Gasteiger partial charge in [0.1, 0.15) is 5.60 Å². The van der Waals surface area contributed by atoms with Crippen molar-refractivity contribution < 1.29 is 4.84 Å². The van der Waals surface area contributed by atoms with Crippen molar-refractivity contribution in [1.29, 1.82) is 0 Å². The van der Waals surface area contributed by atoms with Gasteiger partial charge in [-0.2, -0.15) is 0 Å². The van der Waals surface area contributed by atoms with Gasteiger partial charge in [0, 0.05) is 45.3 Å². The Bertz CT molecular complexity index is 554. The molecule has 1 spiro atoms. The highest BCUT2D eigenvalue weighted by molar-refractivity contribution is 5.88.